The summed E-state index contributed by atoms with van der Waals surface area (Å²) in [6, 6.07) is 4.86. The Balaban J connectivity index is 1.92. The van der Waals surface area contributed by atoms with Gasteiger partial charge in [-0.25, -0.2) is 0 Å². The van der Waals surface area contributed by atoms with E-state index in [1.807, 2.05) is 11.3 Å². The van der Waals surface area contributed by atoms with Crippen molar-refractivity contribution in [2.75, 3.05) is 20.2 Å². The summed E-state index contributed by atoms with van der Waals surface area (Å²) in [6.07, 6.45) is 3.66. The fourth-order valence-corrected chi connectivity index (χ4v) is 3.89. The maximum atomic E-state index is 6.04. The van der Waals surface area contributed by atoms with Gasteiger partial charge in [0.2, 0.25) is 0 Å². The maximum Gasteiger partial charge on any atom is 0.0611 e. The molecule has 1 heterocycles. The van der Waals surface area contributed by atoms with Crippen LogP contribution in [0.5, 0.6) is 0 Å². The van der Waals surface area contributed by atoms with Crippen molar-refractivity contribution in [3.63, 3.8) is 0 Å². The number of thiophene rings is 1. The van der Waals surface area contributed by atoms with Crippen molar-refractivity contribution < 1.29 is 4.74 Å². The molecule has 1 fully saturated rings. The van der Waals surface area contributed by atoms with Gasteiger partial charge in [0.05, 0.1) is 6.10 Å². The van der Waals surface area contributed by atoms with Crippen molar-refractivity contribution in [3.8, 4) is 0 Å². The lowest BCUT2D eigenvalue weighted by atomic mass is 9.72. The van der Waals surface area contributed by atoms with Gasteiger partial charge >= 0.3 is 0 Å². The highest BCUT2D eigenvalue weighted by molar-refractivity contribution is 7.09. The summed E-state index contributed by atoms with van der Waals surface area (Å²) in [7, 11) is 2.22. The average Bonchev–Trinajstić information content (AvgIpc) is 2.85. The maximum absolute atomic E-state index is 6.04. The van der Waals surface area contributed by atoms with Crippen molar-refractivity contribution in [1.29, 1.82) is 0 Å². The Morgan fingerprint density at radius 2 is 2.32 bits per heavy atom. The van der Waals surface area contributed by atoms with Gasteiger partial charge in [-0.1, -0.05) is 6.07 Å². The van der Waals surface area contributed by atoms with Crippen molar-refractivity contribution in [3.05, 3.63) is 22.4 Å². The molecule has 2 N–H and O–H groups in total. The highest BCUT2D eigenvalue weighted by Gasteiger charge is 2.47. The van der Waals surface area contributed by atoms with Crippen LogP contribution in [0.2, 0.25) is 0 Å². The van der Waals surface area contributed by atoms with E-state index in [4.69, 9.17) is 10.5 Å². The summed E-state index contributed by atoms with van der Waals surface area (Å²) < 4.78 is 5.69. The molecule has 0 spiro atoms. The molecule has 0 amide bonds. The standard InChI is InChI=1S/C15H26N2OS/c1-4-18-13-9-15(10-13,11-16)17(3)12(2)8-14-6-5-7-19-14/h5-7,12-13H,4,8-11,16H2,1-3H3. The molecule has 2 rings (SSSR count). The Bertz CT molecular complexity index is 374. The third-order valence-electron chi connectivity index (χ3n) is 4.48. The Kier molecular flexibility index (Phi) is 5.01. The highest BCUT2D eigenvalue weighted by Crippen LogP contribution is 2.39. The van der Waals surface area contributed by atoms with Gasteiger partial charge in [0.25, 0.3) is 0 Å². The zero-order valence-corrected chi connectivity index (χ0v) is 13.1. The quantitative estimate of drug-likeness (QED) is 0.835. The zero-order chi connectivity index (χ0) is 13.9. The van der Waals surface area contributed by atoms with Gasteiger partial charge in [0.1, 0.15) is 0 Å². The lowest BCUT2D eigenvalue weighted by Crippen LogP contribution is -2.65. The van der Waals surface area contributed by atoms with Crippen LogP contribution >= 0.6 is 11.3 Å². The third-order valence-corrected chi connectivity index (χ3v) is 5.38. The molecule has 19 heavy (non-hydrogen) atoms. The van der Waals surface area contributed by atoms with Crippen molar-refractivity contribution >= 4 is 11.3 Å². The number of hydrogen-bond donors (Lipinski definition) is 1. The Morgan fingerprint density at radius 3 is 2.84 bits per heavy atom. The SMILES string of the molecule is CCOC1CC(CN)(N(C)C(C)Cc2cccs2)C1. The molecule has 0 aromatic carbocycles. The Hall–Kier alpha value is -0.420. The molecule has 0 saturated heterocycles. The van der Waals surface area contributed by atoms with E-state index in [-0.39, 0.29) is 5.54 Å². The van der Waals surface area contributed by atoms with E-state index in [1.54, 1.807) is 0 Å². The summed E-state index contributed by atoms with van der Waals surface area (Å²) in [4.78, 5) is 3.93. The molecule has 108 valence electrons. The van der Waals surface area contributed by atoms with Crippen LogP contribution in [0, 0.1) is 0 Å². The van der Waals surface area contributed by atoms with Crippen molar-refractivity contribution in [2.45, 2.75) is 50.8 Å². The molecule has 4 heteroatoms. The topological polar surface area (TPSA) is 38.5 Å². The minimum atomic E-state index is 0.149. The third kappa shape index (κ3) is 3.19. The first-order valence-corrected chi connectivity index (χ1v) is 8.06. The van der Waals surface area contributed by atoms with Crippen molar-refractivity contribution in [2.24, 2.45) is 5.73 Å². The van der Waals surface area contributed by atoms with Gasteiger partial charge in [-0.05, 0) is 51.6 Å². The van der Waals surface area contributed by atoms with Gasteiger partial charge in [-0.3, -0.25) is 4.90 Å². The largest absolute Gasteiger partial charge is 0.378 e. The lowest BCUT2D eigenvalue weighted by molar-refractivity contribution is -0.102. The van der Waals surface area contributed by atoms with E-state index in [0.29, 0.717) is 12.1 Å². The normalized spacial score (nSPS) is 28.4. The smallest absolute Gasteiger partial charge is 0.0611 e. The fourth-order valence-electron chi connectivity index (χ4n) is 3.06. The predicted molar refractivity (Wildman–Crippen MR) is 81.7 cm³/mol. The summed E-state index contributed by atoms with van der Waals surface area (Å²) in [5, 5.41) is 2.15. The van der Waals surface area contributed by atoms with Crippen LogP contribution in [-0.4, -0.2) is 42.8 Å². The molecule has 1 aliphatic carbocycles. The van der Waals surface area contributed by atoms with Gasteiger partial charge in [0.15, 0.2) is 0 Å². The molecule has 0 bridgehead atoms. The molecule has 3 nitrogen and oxygen atoms in total. The van der Waals surface area contributed by atoms with Crippen LogP contribution < -0.4 is 5.73 Å². The van der Waals surface area contributed by atoms with Crippen LogP contribution in [0.25, 0.3) is 0 Å². The first-order chi connectivity index (χ1) is 9.11. The van der Waals surface area contributed by atoms with Gasteiger partial charge < -0.3 is 10.5 Å². The minimum Gasteiger partial charge on any atom is -0.378 e. The fraction of sp³-hybridized carbons (Fsp3) is 0.733. The molecule has 1 aromatic rings. The second-order valence-corrected chi connectivity index (χ2v) is 6.69. The van der Waals surface area contributed by atoms with Crippen molar-refractivity contribution in [1.82, 2.24) is 4.90 Å². The summed E-state index contributed by atoms with van der Waals surface area (Å²) in [6.45, 7) is 5.89. The zero-order valence-electron chi connectivity index (χ0n) is 12.3. The second-order valence-electron chi connectivity index (χ2n) is 5.66. The molecular formula is C15H26N2OS. The van der Waals surface area contributed by atoms with Gasteiger partial charge in [0, 0.05) is 29.6 Å². The van der Waals surface area contributed by atoms with E-state index in [0.717, 1.165) is 32.4 Å². The second kappa shape index (κ2) is 6.35. The van der Waals surface area contributed by atoms with Crippen LogP contribution in [0.15, 0.2) is 17.5 Å². The Labute approximate surface area is 120 Å². The number of nitrogens with zero attached hydrogens (tertiary/aromatic N) is 1. The molecule has 1 saturated carbocycles. The molecule has 1 atom stereocenters. The summed E-state index contributed by atoms with van der Waals surface area (Å²) in [5.41, 5.74) is 6.19. The predicted octanol–water partition coefficient (Wildman–Crippen LogP) is 2.51. The Morgan fingerprint density at radius 1 is 1.58 bits per heavy atom. The number of rotatable bonds is 7. The average molecular weight is 282 g/mol. The highest BCUT2D eigenvalue weighted by atomic mass is 32.1. The summed E-state index contributed by atoms with van der Waals surface area (Å²) in [5.74, 6) is 0. The molecule has 0 aliphatic heterocycles. The lowest BCUT2D eigenvalue weighted by Gasteiger charge is -2.54. The van der Waals surface area contributed by atoms with Gasteiger partial charge in [-0.15, -0.1) is 11.3 Å². The van der Waals surface area contributed by atoms with E-state index < -0.39 is 0 Å². The molecule has 1 aromatic heterocycles. The van der Waals surface area contributed by atoms with Crippen LogP contribution in [0.4, 0.5) is 0 Å². The first kappa shape index (κ1) is 15.0. The molecule has 1 aliphatic rings. The molecule has 0 radical (unpaired) electrons. The summed E-state index contributed by atoms with van der Waals surface area (Å²) >= 11 is 1.84. The van der Waals surface area contributed by atoms with Crippen LogP contribution in [0.3, 0.4) is 0 Å². The van der Waals surface area contributed by atoms with Gasteiger partial charge in [-0.2, -0.15) is 0 Å². The monoisotopic (exact) mass is 282 g/mol. The molecule has 1 unspecified atom stereocenters. The van der Waals surface area contributed by atoms with E-state index in [9.17, 15) is 0 Å². The van der Waals surface area contributed by atoms with Crippen LogP contribution in [-0.2, 0) is 11.2 Å². The van der Waals surface area contributed by atoms with E-state index in [2.05, 4.69) is 43.3 Å². The first-order valence-electron chi connectivity index (χ1n) is 7.18. The van der Waals surface area contributed by atoms with Crippen LogP contribution in [0.1, 0.15) is 31.6 Å². The number of likely N-dealkylation sites (N-methyl/N-ethyl adjacent to an activating group) is 1. The van der Waals surface area contributed by atoms with E-state index in [1.165, 1.54) is 4.88 Å². The number of hydrogen-bond acceptors (Lipinski definition) is 4. The van der Waals surface area contributed by atoms with E-state index >= 15 is 0 Å². The molecular weight excluding hydrogens is 256 g/mol. The number of ether oxygens (including phenoxy) is 1. The number of nitrogens with two attached hydrogens (primary N) is 1. The minimum absolute atomic E-state index is 0.149.